The van der Waals surface area contributed by atoms with Crippen molar-refractivity contribution in [1.82, 2.24) is 10.3 Å². The van der Waals surface area contributed by atoms with Gasteiger partial charge in [0, 0.05) is 0 Å². The van der Waals surface area contributed by atoms with E-state index in [0.29, 0.717) is 0 Å². The van der Waals surface area contributed by atoms with E-state index in [4.69, 9.17) is 23.2 Å². The van der Waals surface area contributed by atoms with Gasteiger partial charge in [0.25, 0.3) is 5.91 Å². The first kappa shape index (κ1) is 15.2. The Bertz CT molecular complexity index is 492. The highest BCUT2D eigenvalue weighted by atomic mass is 35.5. The van der Waals surface area contributed by atoms with Crippen molar-refractivity contribution in [3.8, 4) is 0 Å². The Morgan fingerprint density at radius 1 is 1.37 bits per heavy atom. The van der Waals surface area contributed by atoms with Crippen molar-refractivity contribution in [3.63, 3.8) is 0 Å². The van der Waals surface area contributed by atoms with E-state index in [1.54, 1.807) is 13.8 Å². The van der Waals surface area contributed by atoms with E-state index in [1.807, 2.05) is 0 Å². The van der Waals surface area contributed by atoms with E-state index in [0.717, 1.165) is 0 Å². The van der Waals surface area contributed by atoms with Gasteiger partial charge in [-0.3, -0.25) is 9.59 Å². The minimum atomic E-state index is -0.792. The van der Waals surface area contributed by atoms with Crippen molar-refractivity contribution in [2.24, 2.45) is 17.5 Å². The fourth-order valence-electron chi connectivity index (χ4n) is 1.46. The van der Waals surface area contributed by atoms with Gasteiger partial charge < -0.3 is 16.5 Å². The summed E-state index contributed by atoms with van der Waals surface area (Å²) in [4.78, 5) is 27.2. The predicted molar refractivity (Wildman–Crippen MR) is 72.3 cm³/mol. The quantitative estimate of drug-likeness (QED) is 0.456. The molecule has 0 saturated heterocycles. The number of hydrogen-bond acceptors (Lipinski definition) is 5. The molecule has 7 nitrogen and oxygen atoms in total. The molecular formula is C11H16ClN5O2. The van der Waals surface area contributed by atoms with Crippen LogP contribution in [0.2, 0.25) is 5.02 Å². The van der Waals surface area contributed by atoms with Gasteiger partial charge in [-0.2, -0.15) is 0 Å². The highest BCUT2D eigenvalue weighted by Crippen LogP contribution is 2.16. The Labute approximate surface area is 115 Å². The zero-order valence-electron chi connectivity index (χ0n) is 10.6. The summed E-state index contributed by atoms with van der Waals surface area (Å²) in [6.07, 6.45) is 0. The van der Waals surface area contributed by atoms with Crippen molar-refractivity contribution in [2.75, 3.05) is 5.43 Å². The molecule has 104 valence electrons. The van der Waals surface area contributed by atoms with Gasteiger partial charge in [-0.15, -0.1) is 0 Å². The number of rotatable bonds is 5. The van der Waals surface area contributed by atoms with Crippen LogP contribution in [0, 0.1) is 5.92 Å². The number of nitrogens with zero attached hydrogens (tertiary/aromatic N) is 1. The average Bonchev–Trinajstić information content (AvgIpc) is 2.35. The predicted octanol–water partition coefficient (Wildman–Crippen LogP) is 0.260. The molecule has 8 heteroatoms. The lowest BCUT2D eigenvalue weighted by molar-refractivity contribution is -0.120. The highest BCUT2D eigenvalue weighted by Gasteiger charge is 2.24. The van der Waals surface area contributed by atoms with Gasteiger partial charge in [0.1, 0.15) is 17.6 Å². The second kappa shape index (κ2) is 6.35. The molecule has 0 spiro atoms. The van der Waals surface area contributed by atoms with Crippen LogP contribution in [-0.2, 0) is 4.79 Å². The van der Waals surface area contributed by atoms with E-state index >= 15 is 0 Å². The van der Waals surface area contributed by atoms with E-state index in [1.165, 1.54) is 12.1 Å². The molecule has 1 aromatic rings. The number of anilines is 1. The zero-order chi connectivity index (χ0) is 14.6. The SMILES string of the molecule is CC(C)C(NC(=O)c1nc(NN)ccc1Cl)C(N)=O. The maximum absolute atomic E-state index is 12.0. The number of aromatic nitrogens is 1. The number of pyridine rings is 1. The molecule has 2 amide bonds. The van der Waals surface area contributed by atoms with E-state index in [-0.39, 0.29) is 22.5 Å². The molecular weight excluding hydrogens is 270 g/mol. The second-order valence-electron chi connectivity index (χ2n) is 4.27. The topological polar surface area (TPSA) is 123 Å². The van der Waals surface area contributed by atoms with Crippen LogP contribution in [0.4, 0.5) is 5.82 Å². The van der Waals surface area contributed by atoms with E-state index < -0.39 is 17.9 Å². The maximum Gasteiger partial charge on any atom is 0.272 e. The zero-order valence-corrected chi connectivity index (χ0v) is 11.4. The smallest absolute Gasteiger partial charge is 0.272 e. The molecule has 1 atom stereocenters. The molecule has 0 fully saturated rings. The summed E-state index contributed by atoms with van der Waals surface area (Å²) < 4.78 is 0. The highest BCUT2D eigenvalue weighted by molar-refractivity contribution is 6.33. The lowest BCUT2D eigenvalue weighted by Crippen LogP contribution is -2.47. The first-order valence-electron chi connectivity index (χ1n) is 5.60. The standard InChI is InChI=1S/C11H16ClN5O2/c1-5(2)8(10(13)18)16-11(19)9-6(12)3-4-7(15-9)17-14/h3-5,8H,14H2,1-2H3,(H2,13,18)(H,15,17)(H,16,19). The van der Waals surface area contributed by atoms with Gasteiger partial charge in [0.05, 0.1) is 5.02 Å². The van der Waals surface area contributed by atoms with Crippen LogP contribution in [0.3, 0.4) is 0 Å². The minimum Gasteiger partial charge on any atom is -0.368 e. The number of hydrazine groups is 1. The third kappa shape index (κ3) is 3.80. The summed E-state index contributed by atoms with van der Waals surface area (Å²) in [5.41, 5.74) is 7.50. The Morgan fingerprint density at radius 2 is 2.00 bits per heavy atom. The lowest BCUT2D eigenvalue weighted by atomic mass is 10.0. The van der Waals surface area contributed by atoms with Crippen molar-refractivity contribution in [2.45, 2.75) is 19.9 Å². The Balaban J connectivity index is 2.97. The fourth-order valence-corrected chi connectivity index (χ4v) is 1.65. The Morgan fingerprint density at radius 3 is 2.47 bits per heavy atom. The van der Waals surface area contributed by atoms with Gasteiger partial charge >= 0.3 is 0 Å². The molecule has 0 aliphatic carbocycles. The number of nitrogen functional groups attached to an aromatic ring is 1. The van der Waals surface area contributed by atoms with Crippen LogP contribution < -0.4 is 22.3 Å². The third-order valence-electron chi connectivity index (χ3n) is 2.47. The largest absolute Gasteiger partial charge is 0.368 e. The normalized spacial score (nSPS) is 12.1. The van der Waals surface area contributed by atoms with Gasteiger partial charge in [-0.1, -0.05) is 25.4 Å². The number of nitrogens with two attached hydrogens (primary N) is 2. The molecule has 0 aromatic carbocycles. The van der Waals surface area contributed by atoms with Crippen LogP contribution in [0.15, 0.2) is 12.1 Å². The number of hydrogen-bond donors (Lipinski definition) is 4. The maximum atomic E-state index is 12.0. The van der Waals surface area contributed by atoms with Gasteiger partial charge in [-0.25, -0.2) is 10.8 Å². The molecule has 0 saturated carbocycles. The Hall–Kier alpha value is -1.86. The van der Waals surface area contributed by atoms with Crippen molar-refractivity contribution >= 4 is 29.2 Å². The number of carbonyl (C=O) groups is 2. The fraction of sp³-hybridized carbons (Fsp3) is 0.364. The second-order valence-corrected chi connectivity index (χ2v) is 4.68. The van der Waals surface area contributed by atoms with Gasteiger partial charge in [0.2, 0.25) is 5.91 Å². The minimum absolute atomic E-state index is 0.0241. The van der Waals surface area contributed by atoms with Gasteiger partial charge in [-0.05, 0) is 18.1 Å². The number of amides is 2. The molecule has 19 heavy (non-hydrogen) atoms. The molecule has 0 bridgehead atoms. The van der Waals surface area contributed by atoms with Crippen LogP contribution in [0.1, 0.15) is 24.3 Å². The average molecular weight is 286 g/mol. The van der Waals surface area contributed by atoms with Crippen LogP contribution >= 0.6 is 11.6 Å². The van der Waals surface area contributed by atoms with Crippen LogP contribution in [0.5, 0.6) is 0 Å². The van der Waals surface area contributed by atoms with E-state index in [9.17, 15) is 9.59 Å². The third-order valence-corrected chi connectivity index (χ3v) is 2.77. The van der Waals surface area contributed by atoms with Crippen molar-refractivity contribution in [3.05, 3.63) is 22.8 Å². The summed E-state index contributed by atoms with van der Waals surface area (Å²) in [6, 6.07) is 2.21. The molecule has 1 unspecified atom stereocenters. The first-order chi connectivity index (χ1) is 8.86. The van der Waals surface area contributed by atoms with Crippen LogP contribution in [-0.4, -0.2) is 22.8 Å². The monoisotopic (exact) mass is 285 g/mol. The summed E-state index contributed by atoms with van der Waals surface area (Å²) in [7, 11) is 0. The molecule has 1 heterocycles. The summed E-state index contributed by atoms with van der Waals surface area (Å²) in [6.45, 7) is 3.53. The number of nitrogens with one attached hydrogen (secondary N) is 2. The van der Waals surface area contributed by atoms with E-state index in [2.05, 4.69) is 15.7 Å². The molecule has 0 aliphatic rings. The molecule has 6 N–H and O–H groups in total. The summed E-state index contributed by atoms with van der Waals surface area (Å²) in [5, 5.41) is 2.65. The number of carbonyl (C=O) groups excluding carboxylic acids is 2. The van der Waals surface area contributed by atoms with Crippen LogP contribution in [0.25, 0.3) is 0 Å². The lowest BCUT2D eigenvalue weighted by Gasteiger charge is -2.19. The molecule has 1 rings (SSSR count). The Kier molecular flexibility index (Phi) is 5.08. The first-order valence-corrected chi connectivity index (χ1v) is 5.98. The van der Waals surface area contributed by atoms with Crippen molar-refractivity contribution < 1.29 is 9.59 Å². The number of primary amides is 1. The summed E-state index contributed by atoms with van der Waals surface area (Å²) >= 11 is 5.88. The molecule has 0 radical (unpaired) electrons. The number of halogens is 1. The van der Waals surface area contributed by atoms with Gasteiger partial charge in [0.15, 0.2) is 0 Å². The molecule has 0 aliphatic heterocycles. The molecule has 1 aromatic heterocycles. The van der Waals surface area contributed by atoms with Crippen molar-refractivity contribution in [1.29, 1.82) is 0 Å². The summed E-state index contributed by atoms with van der Waals surface area (Å²) in [5.74, 6) is 4.15.